The molecule has 0 bridgehead atoms. The summed E-state index contributed by atoms with van der Waals surface area (Å²) in [4.78, 5) is 10.6. The van der Waals surface area contributed by atoms with Crippen molar-refractivity contribution in [2.45, 2.75) is 19.9 Å². The summed E-state index contributed by atoms with van der Waals surface area (Å²) in [6.07, 6.45) is 0.769. The third-order valence-corrected chi connectivity index (χ3v) is 1.19. The first-order valence-electron chi connectivity index (χ1n) is 2.89. The molecule has 0 saturated carbocycles. The number of ketones is 1. The van der Waals surface area contributed by atoms with Gasteiger partial charge < -0.3 is 11.1 Å². The molecule has 0 aromatic rings. The summed E-state index contributed by atoms with van der Waals surface area (Å²) in [7, 11) is 0. The summed E-state index contributed by atoms with van der Waals surface area (Å²) in [6.45, 7) is 3.71. The van der Waals surface area contributed by atoms with Gasteiger partial charge in [0, 0.05) is 0 Å². The Bertz CT molecular complexity index is 120. The molecule has 9 heavy (non-hydrogen) atoms. The minimum Gasteiger partial charge on any atom is -0.321 e. The second kappa shape index (κ2) is 3.35. The van der Waals surface area contributed by atoms with Gasteiger partial charge in [-0.2, -0.15) is 0 Å². The lowest BCUT2D eigenvalue weighted by Crippen LogP contribution is -2.35. The number of carbonyl (C=O) groups is 1. The Balaban J connectivity index is 3.87. The summed E-state index contributed by atoms with van der Waals surface area (Å²) in [6, 6.07) is -0.498. The van der Waals surface area contributed by atoms with Crippen LogP contribution in [-0.4, -0.2) is 18.0 Å². The van der Waals surface area contributed by atoms with E-state index in [0.717, 1.165) is 6.21 Å². The molecule has 0 fully saturated rings. The summed E-state index contributed by atoms with van der Waals surface area (Å²) in [5.41, 5.74) is 5.37. The van der Waals surface area contributed by atoms with Crippen LogP contribution in [0.15, 0.2) is 0 Å². The van der Waals surface area contributed by atoms with Crippen molar-refractivity contribution in [3.63, 3.8) is 0 Å². The van der Waals surface area contributed by atoms with Crippen LogP contribution in [0.3, 0.4) is 0 Å². The van der Waals surface area contributed by atoms with E-state index in [1.165, 1.54) is 0 Å². The van der Waals surface area contributed by atoms with Gasteiger partial charge in [-0.05, 0) is 5.92 Å². The third-order valence-electron chi connectivity index (χ3n) is 1.19. The number of Topliss-reactive ketones (excluding diaryl/α,β-unsaturated/α-hetero) is 1. The molecule has 52 valence electrons. The number of hydrogen-bond acceptors (Lipinski definition) is 3. The highest BCUT2D eigenvalue weighted by molar-refractivity contribution is 6.28. The quantitative estimate of drug-likeness (QED) is 0.533. The molecule has 0 amide bonds. The van der Waals surface area contributed by atoms with Gasteiger partial charge in [0.1, 0.15) is 0 Å². The van der Waals surface area contributed by atoms with Gasteiger partial charge in [-0.25, -0.2) is 0 Å². The van der Waals surface area contributed by atoms with Crippen LogP contribution in [0, 0.1) is 11.3 Å². The van der Waals surface area contributed by atoms with Gasteiger partial charge in [0.2, 0.25) is 0 Å². The van der Waals surface area contributed by atoms with E-state index in [4.69, 9.17) is 11.1 Å². The minimum atomic E-state index is -0.498. The van der Waals surface area contributed by atoms with Gasteiger partial charge >= 0.3 is 0 Å². The maximum atomic E-state index is 10.6. The molecule has 3 heteroatoms. The van der Waals surface area contributed by atoms with Gasteiger partial charge in [0.25, 0.3) is 0 Å². The van der Waals surface area contributed by atoms with Crippen LogP contribution in [0.4, 0.5) is 0 Å². The standard InChI is InChI=1S/C6H12N2O/c1-4(2)6(8)5(9)3-7/h3-4,6-7H,8H2,1-2H3/t6-/m0/s1. The van der Waals surface area contributed by atoms with Crippen LogP contribution in [0.1, 0.15) is 13.8 Å². The fraction of sp³-hybridized carbons (Fsp3) is 0.667. The Morgan fingerprint density at radius 2 is 2.11 bits per heavy atom. The number of nitrogens with two attached hydrogens (primary N) is 1. The highest BCUT2D eigenvalue weighted by atomic mass is 16.1. The minimum absolute atomic E-state index is 0.124. The molecule has 0 saturated heterocycles. The first-order valence-corrected chi connectivity index (χ1v) is 2.89. The van der Waals surface area contributed by atoms with E-state index in [9.17, 15) is 4.79 Å². The molecule has 0 aliphatic heterocycles. The van der Waals surface area contributed by atoms with E-state index in [1.807, 2.05) is 13.8 Å². The first kappa shape index (κ1) is 8.30. The Kier molecular flexibility index (Phi) is 3.09. The first-order chi connectivity index (χ1) is 4.09. The zero-order valence-corrected chi connectivity index (χ0v) is 5.72. The van der Waals surface area contributed by atoms with Crippen molar-refractivity contribution in [3.05, 3.63) is 0 Å². The molecule has 3 N–H and O–H groups in total. The zero-order valence-electron chi connectivity index (χ0n) is 5.72. The van der Waals surface area contributed by atoms with Crippen molar-refractivity contribution in [1.29, 1.82) is 5.41 Å². The second-order valence-corrected chi connectivity index (χ2v) is 2.32. The molecule has 0 aliphatic carbocycles. The van der Waals surface area contributed by atoms with Gasteiger partial charge in [-0.1, -0.05) is 13.8 Å². The third kappa shape index (κ3) is 2.37. The van der Waals surface area contributed by atoms with Crippen LogP contribution in [0.25, 0.3) is 0 Å². The summed E-state index contributed by atoms with van der Waals surface area (Å²) in [5, 5.41) is 6.58. The molecular weight excluding hydrogens is 116 g/mol. The van der Waals surface area contributed by atoms with Crippen molar-refractivity contribution in [1.82, 2.24) is 0 Å². The normalized spacial score (nSPS) is 13.3. The maximum absolute atomic E-state index is 10.6. The average Bonchev–Trinajstić information content (AvgIpc) is 1.84. The SMILES string of the molecule is CC(C)[C@H](N)C(=O)C=N. The summed E-state index contributed by atoms with van der Waals surface area (Å²) < 4.78 is 0. The van der Waals surface area contributed by atoms with E-state index in [-0.39, 0.29) is 11.7 Å². The van der Waals surface area contributed by atoms with Gasteiger partial charge in [-0.3, -0.25) is 4.79 Å². The molecular formula is C6H12N2O. The van der Waals surface area contributed by atoms with Crippen LogP contribution in [0.5, 0.6) is 0 Å². The van der Waals surface area contributed by atoms with Crippen molar-refractivity contribution in [2.75, 3.05) is 0 Å². The number of nitrogens with one attached hydrogen (secondary N) is 1. The predicted molar refractivity (Wildman–Crippen MR) is 36.6 cm³/mol. The van der Waals surface area contributed by atoms with Gasteiger partial charge in [0.15, 0.2) is 5.78 Å². The Morgan fingerprint density at radius 3 is 2.22 bits per heavy atom. The van der Waals surface area contributed by atoms with Crippen LogP contribution in [0.2, 0.25) is 0 Å². The van der Waals surface area contributed by atoms with E-state index < -0.39 is 6.04 Å². The maximum Gasteiger partial charge on any atom is 0.189 e. The van der Waals surface area contributed by atoms with Crippen molar-refractivity contribution in [3.8, 4) is 0 Å². The molecule has 3 nitrogen and oxygen atoms in total. The van der Waals surface area contributed by atoms with Gasteiger partial charge in [0.05, 0.1) is 12.3 Å². The lowest BCUT2D eigenvalue weighted by Gasteiger charge is -2.09. The summed E-state index contributed by atoms with van der Waals surface area (Å²) in [5.74, 6) is -0.177. The number of carbonyl (C=O) groups excluding carboxylic acids is 1. The van der Waals surface area contributed by atoms with Crippen LogP contribution < -0.4 is 5.73 Å². The number of rotatable bonds is 3. The monoisotopic (exact) mass is 128 g/mol. The van der Waals surface area contributed by atoms with E-state index >= 15 is 0 Å². The lowest BCUT2D eigenvalue weighted by molar-refractivity contribution is -0.114. The smallest absolute Gasteiger partial charge is 0.189 e. The van der Waals surface area contributed by atoms with Crippen molar-refractivity contribution in [2.24, 2.45) is 11.7 Å². The highest BCUT2D eigenvalue weighted by Gasteiger charge is 2.13. The molecule has 0 aliphatic rings. The Labute approximate surface area is 54.8 Å². The highest BCUT2D eigenvalue weighted by Crippen LogP contribution is 1.96. The predicted octanol–water partition coefficient (Wildman–Crippen LogP) is 0.188. The molecule has 0 aromatic carbocycles. The molecule has 0 spiro atoms. The second-order valence-electron chi connectivity index (χ2n) is 2.32. The lowest BCUT2D eigenvalue weighted by atomic mass is 10.0. The topological polar surface area (TPSA) is 66.9 Å². The summed E-state index contributed by atoms with van der Waals surface area (Å²) >= 11 is 0. The van der Waals surface area contributed by atoms with E-state index in [0.29, 0.717) is 0 Å². The Morgan fingerprint density at radius 1 is 1.67 bits per heavy atom. The zero-order chi connectivity index (χ0) is 7.44. The Hall–Kier alpha value is -0.700. The van der Waals surface area contributed by atoms with Crippen molar-refractivity contribution >= 4 is 12.0 Å². The average molecular weight is 128 g/mol. The number of hydrogen-bond donors (Lipinski definition) is 2. The molecule has 0 heterocycles. The molecule has 1 atom stereocenters. The van der Waals surface area contributed by atoms with E-state index in [1.54, 1.807) is 0 Å². The molecule has 0 radical (unpaired) electrons. The van der Waals surface area contributed by atoms with Gasteiger partial charge in [-0.15, -0.1) is 0 Å². The van der Waals surface area contributed by atoms with Crippen LogP contribution >= 0.6 is 0 Å². The molecule has 0 unspecified atom stereocenters. The fourth-order valence-electron chi connectivity index (χ4n) is 0.425. The van der Waals surface area contributed by atoms with Crippen LogP contribution in [-0.2, 0) is 4.79 Å². The molecule has 0 rings (SSSR count). The largest absolute Gasteiger partial charge is 0.321 e. The van der Waals surface area contributed by atoms with Crippen molar-refractivity contribution < 1.29 is 4.79 Å². The molecule has 0 aromatic heterocycles. The van der Waals surface area contributed by atoms with E-state index in [2.05, 4.69) is 0 Å². The fourth-order valence-corrected chi connectivity index (χ4v) is 0.425.